The lowest BCUT2D eigenvalue weighted by Crippen LogP contribution is -2.46. The largest absolute Gasteiger partial charge is 0.368 e. The van der Waals surface area contributed by atoms with E-state index in [1.54, 1.807) is 12.1 Å². The van der Waals surface area contributed by atoms with Gasteiger partial charge in [-0.05, 0) is 55.5 Å². The van der Waals surface area contributed by atoms with Crippen LogP contribution in [-0.2, 0) is 4.79 Å². The predicted octanol–water partition coefficient (Wildman–Crippen LogP) is 4.91. The van der Waals surface area contributed by atoms with E-state index in [1.165, 1.54) is 18.5 Å². The quantitative estimate of drug-likeness (QED) is 0.725. The number of anilines is 2. The second-order valence-corrected chi connectivity index (χ2v) is 8.60. The SMILES string of the molecule is CC(NC(=O)CN1CCN(CC2CC2)c2ccccc21)c1ccc(Cl)cc1Cl. The second kappa shape index (κ2) is 8.22. The van der Waals surface area contributed by atoms with Crippen LogP contribution in [0.3, 0.4) is 0 Å². The minimum atomic E-state index is -0.177. The molecule has 1 aliphatic carbocycles. The smallest absolute Gasteiger partial charge is 0.239 e. The normalized spacial score (nSPS) is 17.2. The van der Waals surface area contributed by atoms with Crippen LogP contribution in [0.5, 0.6) is 0 Å². The van der Waals surface area contributed by atoms with Gasteiger partial charge < -0.3 is 15.1 Å². The fourth-order valence-corrected chi connectivity index (χ4v) is 4.41. The van der Waals surface area contributed by atoms with Crippen LogP contribution in [-0.4, -0.2) is 32.1 Å². The molecule has 1 fully saturated rings. The van der Waals surface area contributed by atoms with E-state index in [9.17, 15) is 4.79 Å². The number of carbonyl (C=O) groups excluding carboxylic acids is 1. The van der Waals surface area contributed by atoms with E-state index in [-0.39, 0.29) is 11.9 Å². The number of hydrogen-bond acceptors (Lipinski definition) is 3. The fraction of sp³-hybridized carbons (Fsp3) is 0.409. The molecule has 1 amide bonds. The standard InChI is InChI=1S/C22H25Cl2N3O/c1-15(18-9-8-17(23)12-19(18)24)25-22(28)14-27-11-10-26(13-16-6-7-16)20-4-2-3-5-21(20)27/h2-5,8-9,12,15-16H,6-7,10-11,13-14H2,1H3,(H,25,28). The molecule has 0 radical (unpaired) electrons. The molecule has 28 heavy (non-hydrogen) atoms. The molecule has 1 N–H and O–H groups in total. The van der Waals surface area contributed by atoms with Gasteiger partial charge in [0.1, 0.15) is 0 Å². The molecule has 1 unspecified atom stereocenters. The molecule has 1 heterocycles. The van der Waals surface area contributed by atoms with Gasteiger partial charge in [-0.3, -0.25) is 4.79 Å². The number of halogens is 2. The Morgan fingerprint density at radius 1 is 1.11 bits per heavy atom. The molecule has 2 aromatic rings. The van der Waals surface area contributed by atoms with Crippen molar-refractivity contribution in [3.63, 3.8) is 0 Å². The molecular weight excluding hydrogens is 393 g/mol. The first-order chi connectivity index (χ1) is 13.5. The predicted molar refractivity (Wildman–Crippen MR) is 117 cm³/mol. The zero-order chi connectivity index (χ0) is 19.7. The molecule has 6 heteroatoms. The lowest BCUT2D eigenvalue weighted by molar-refractivity contribution is -0.120. The van der Waals surface area contributed by atoms with Crippen molar-refractivity contribution >= 4 is 40.5 Å². The Morgan fingerprint density at radius 3 is 2.46 bits per heavy atom. The molecule has 1 saturated carbocycles. The first-order valence-corrected chi connectivity index (χ1v) is 10.6. The third-order valence-electron chi connectivity index (χ3n) is 5.52. The molecule has 0 spiro atoms. The van der Waals surface area contributed by atoms with Crippen LogP contribution in [0.4, 0.5) is 11.4 Å². The minimum Gasteiger partial charge on any atom is -0.368 e. The van der Waals surface area contributed by atoms with Crippen LogP contribution in [0.25, 0.3) is 0 Å². The number of amides is 1. The van der Waals surface area contributed by atoms with Gasteiger partial charge in [0.25, 0.3) is 0 Å². The summed E-state index contributed by atoms with van der Waals surface area (Å²) in [6.45, 7) is 5.22. The lowest BCUT2D eigenvalue weighted by atomic mass is 10.1. The number of rotatable bonds is 6. The molecule has 4 rings (SSSR count). The molecule has 0 saturated heterocycles. The fourth-order valence-electron chi connectivity index (χ4n) is 3.84. The Kier molecular flexibility index (Phi) is 5.70. The van der Waals surface area contributed by atoms with Gasteiger partial charge in [0.15, 0.2) is 0 Å². The van der Waals surface area contributed by atoms with E-state index < -0.39 is 0 Å². The summed E-state index contributed by atoms with van der Waals surface area (Å²) >= 11 is 12.2. The van der Waals surface area contributed by atoms with E-state index in [4.69, 9.17) is 23.2 Å². The number of nitrogens with one attached hydrogen (secondary N) is 1. The highest BCUT2D eigenvalue weighted by Gasteiger charge is 2.29. The van der Waals surface area contributed by atoms with E-state index >= 15 is 0 Å². The number of benzene rings is 2. The second-order valence-electron chi connectivity index (χ2n) is 7.75. The van der Waals surface area contributed by atoms with Crippen molar-refractivity contribution in [2.45, 2.75) is 25.8 Å². The van der Waals surface area contributed by atoms with Crippen LogP contribution in [0, 0.1) is 5.92 Å². The molecule has 2 aromatic carbocycles. The molecule has 4 nitrogen and oxygen atoms in total. The van der Waals surface area contributed by atoms with E-state index in [1.807, 2.05) is 19.1 Å². The van der Waals surface area contributed by atoms with Crippen molar-refractivity contribution < 1.29 is 4.79 Å². The van der Waals surface area contributed by atoms with E-state index in [0.29, 0.717) is 16.6 Å². The topological polar surface area (TPSA) is 35.6 Å². The average molecular weight is 418 g/mol. The Hall–Kier alpha value is -1.91. The summed E-state index contributed by atoms with van der Waals surface area (Å²) in [5.74, 6) is 0.830. The van der Waals surface area contributed by atoms with Gasteiger partial charge in [-0.15, -0.1) is 0 Å². The molecule has 1 atom stereocenters. The Labute approximate surface area is 176 Å². The van der Waals surface area contributed by atoms with Crippen molar-refractivity contribution in [1.82, 2.24) is 5.32 Å². The van der Waals surface area contributed by atoms with Crippen LogP contribution in [0.2, 0.25) is 10.0 Å². The van der Waals surface area contributed by atoms with Gasteiger partial charge in [-0.1, -0.05) is 41.4 Å². The third kappa shape index (κ3) is 4.39. The first kappa shape index (κ1) is 19.4. The van der Waals surface area contributed by atoms with Crippen molar-refractivity contribution in [2.24, 2.45) is 5.92 Å². The molecule has 0 aromatic heterocycles. The first-order valence-electron chi connectivity index (χ1n) is 9.84. The summed E-state index contributed by atoms with van der Waals surface area (Å²) in [6.07, 6.45) is 2.69. The van der Waals surface area contributed by atoms with Crippen molar-refractivity contribution in [1.29, 1.82) is 0 Å². The van der Waals surface area contributed by atoms with Crippen LogP contribution < -0.4 is 15.1 Å². The highest BCUT2D eigenvalue weighted by Crippen LogP contribution is 2.37. The van der Waals surface area contributed by atoms with Crippen LogP contribution in [0.15, 0.2) is 42.5 Å². The Bertz CT molecular complexity index is 869. The Morgan fingerprint density at radius 2 is 1.79 bits per heavy atom. The minimum absolute atomic E-state index is 0.0102. The zero-order valence-corrected chi connectivity index (χ0v) is 17.5. The summed E-state index contributed by atoms with van der Waals surface area (Å²) in [5.41, 5.74) is 3.25. The molecule has 0 bridgehead atoms. The van der Waals surface area contributed by atoms with Gasteiger partial charge in [-0.2, -0.15) is 0 Å². The summed E-state index contributed by atoms with van der Waals surface area (Å²) in [5, 5.41) is 4.23. The zero-order valence-electron chi connectivity index (χ0n) is 16.0. The maximum absolute atomic E-state index is 12.7. The maximum Gasteiger partial charge on any atom is 0.239 e. The lowest BCUT2D eigenvalue weighted by Gasteiger charge is -2.38. The summed E-state index contributed by atoms with van der Waals surface area (Å²) in [4.78, 5) is 17.4. The molecular formula is C22H25Cl2N3O. The maximum atomic E-state index is 12.7. The third-order valence-corrected chi connectivity index (χ3v) is 6.08. The van der Waals surface area contributed by atoms with Crippen molar-refractivity contribution in [2.75, 3.05) is 36.0 Å². The van der Waals surface area contributed by atoms with Crippen LogP contribution >= 0.6 is 23.2 Å². The monoisotopic (exact) mass is 417 g/mol. The van der Waals surface area contributed by atoms with Crippen LogP contribution in [0.1, 0.15) is 31.4 Å². The van der Waals surface area contributed by atoms with Gasteiger partial charge in [-0.25, -0.2) is 0 Å². The summed E-state index contributed by atoms with van der Waals surface area (Å²) < 4.78 is 0. The number of para-hydroxylation sites is 2. The number of carbonyl (C=O) groups is 1. The molecule has 2 aliphatic rings. The van der Waals surface area contributed by atoms with Crippen molar-refractivity contribution in [3.05, 3.63) is 58.1 Å². The van der Waals surface area contributed by atoms with Gasteiger partial charge in [0.2, 0.25) is 5.91 Å². The van der Waals surface area contributed by atoms with Crippen molar-refractivity contribution in [3.8, 4) is 0 Å². The number of nitrogens with zero attached hydrogens (tertiary/aromatic N) is 2. The summed E-state index contributed by atoms with van der Waals surface area (Å²) in [6, 6.07) is 13.6. The average Bonchev–Trinajstić information content (AvgIpc) is 3.47. The van der Waals surface area contributed by atoms with E-state index in [2.05, 4.69) is 33.3 Å². The number of fused-ring (bicyclic) bond motifs is 1. The molecule has 1 aliphatic heterocycles. The highest BCUT2D eigenvalue weighted by molar-refractivity contribution is 6.35. The molecule has 148 valence electrons. The van der Waals surface area contributed by atoms with Gasteiger partial charge in [0.05, 0.1) is 24.0 Å². The summed E-state index contributed by atoms with van der Waals surface area (Å²) in [7, 11) is 0. The highest BCUT2D eigenvalue weighted by atomic mass is 35.5. The Balaban J connectivity index is 1.42. The number of hydrogen-bond donors (Lipinski definition) is 1. The van der Waals surface area contributed by atoms with Gasteiger partial charge in [0, 0.05) is 29.7 Å². The van der Waals surface area contributed by atoms with Gasteiger partial charge >= 0.3 is 0 Å². The van der Waals surface area contributed by atoms with E-state index in [0.717, 1.165) is 36.8 Å².